The van der Waals surface area contributed by atoms with Crippen LogP contribution in [0.1, 0.15) is 21.3 Å². The fraction of sp³-hybridized carbons (Fsp3) is 0.333. The first-order valence-electron chi connectivity index (χ1n) is 8.14. The van der Waals surface area contributed by atoms with Crippen molar-refractivity contribution in [3.05, 3.63) is 52.0 Å². The molecule has 0 radical (unpaired) electrons. The summed E-state index contributed by atoms with van der Waals surface area (Å²) in [4.78, 5) is 28.4. The summed E-state index contributed by atoms with van der Waals surface area (Å²) in [7, 11) is 1.42. The molecule has 0 spiro atoms. The highest BCUT2D eigenvalue weighted by molar-refractivity contribution is 7.12. The molecule has 2 heterocycles. The van der Waals surface area contributed by atoms with E-state index in [2.05, 4.69) is 0 Å². The molecule has 8 heteroatoms. The van der Waals surface area contributed by atoms with Gasteiger partial charge >= 0.3 is 5.97 Å². The van der Waals surface area contributed by atoms with E-state index in [0.29, 0.717) is 36.8 Å². The van der Waals surface area contributed by atoms with Gasteiger partial charge in [-0.05, 0) is 29.6 Å². The average Bonchev–Trinajstić information content (AvgIpc) is 3.16. The third-order valence-corrected chi connectivity index (χ3v) is 5.28. The number of amides is 1. The Morgan fingerprint density at radius 3 is 2.54 bits per heavy atom. The molecule has 1 fully saturated rings. The summed E-state index contributed by atoms with van der Waals surface area (Å²) in [5, 5.41) is 11.6. The maximum Gasteiger partial charge on any atom is 0.325 e. The summed E-state index contributed by atoms with van der Waals surface area (Å²) in [6, 6.07) is 6.43. The lowest BCUT2D eigenvalue weighted by Crippen LogP contribution is -2.51. The summed E-state index contributed by atoms with van der Waals surface area (Å²) in [5.41, 5.74) is 0.276. The van der Waals surface area contributed by atoms with Gasteiger partial charge in [-0.15, -0.1) is 11.3 Å². The normalized spacial score (nSPS) is 16.3. The van der Waals surface area contributed by atoms with Gasteiger partial charge in [0.15, 0.2) is 0 Å². The highest BCUT2D eigenvalue weighted by Crippen LogP contribution is 2.31. The Hall–Kier alpha value is -2.45. The lowest BCUT2D eigenvalue weighted by Gasteiger charge is -2.38. The van der Waals surface area contributed by atoms with Crippen LogP contribution >= 0.6 is 11.3 Å². The Bertz CT molecular complexity index is 788. The predicted octanol–water partition coefficient (Wildman–Crippen LogP) is 2.48. The second-order valence-electron chi connectivity index (χ2n) is 5.93. The summed E-state index contributed by atoms with van der Waals surface area (Å²) >= 11 is 1.38. The van der Waals surface area contributed by atoms with Gasteiger partial charge in [0.1, 0.15) is 17.6 Å². The van der Waals surface area contributed by atoms with E-state index in [1.54, 1.807) is 15.9 Å². The molecule has 2 aromatic rings. The zero-order valence-electron chi connectivity index (χ0n) is 14.2. The Balaban J connectivity index is 1.76. The van der Waals surface area contributed by atoms with E-state index in [9.17, 15) is 19.1 Å². The maximum atomic E-state index is 13.7. The van der Waals surface area contributed by atoms with Crippen molar-refractivity contribution in [1.29, 1.82) is 0 Å². The third-order valence-electron chi connectivity index (χ3n) is 4.42. The van der Waals surface area contributed by atoms with E-state index in [4.69, 9.17) is 4.74 Å². The smallest absolute Gasteiger partial charge is 0.325 e. The zero-order chi connectivity index (χ0) is 18.7. The van der Waals surface area contributed by atoms with Gasteiger partial charge in [-0.1, -0.05) is 6.07 Å². The van der Waals surface area contributed by atoms with Crippen LogP contribution in [0.4, 0.5) is 4.39 Å². The fourth-order valence-electron chi connectivity index (χ4n) is 3.14. The first-order valence-corrected chi connectivity index (χ1v) is 9.02. The second kappa shape index (κ2) is 7.84. The molecule has 26 heavy (non-hydrogen) atoms. The summed E-state index contributed by atoms with van der Waals surface area (Å²) in [6.45, 7) is 1.60. The maximum absolute atomic E-state index is 13.7. The van der Waals surface area contributed by atoms with Gasteiger partial charge < -0.3 is 14.7 Å². The van der Waals surface area contributed by atoms with Crippen LogP contribution in [-0.4, -0.2) is 60.1 Å². The molecule has 0 bridgehead atoms. The molecule has 1 unspecified atom stereocenters. The molecule has 3 rings (SSSR count). The highest BCUT2D eigenvalue weighted by Gasteiger charge is 2.34. The van der Waals surface area contributed by atoms with Crippen molar-refractivity contribution in [3.63, 3.8) is 0 Å². The number of piperazine rings is 1. The van der Waals surface area contributed by atoms with Gasteiger partial charge in [0.25, 0.3) is 5.91 Å². The number of benzene rings is 1. The van der Waals surface area contributed by atoms with Gasteiger partial charge in [-0.2, -0.15) is 0 Å². The van der Waals surface area contributed by atoms with Crippen molar-refractivity contribution < 1.29 is 23.8 Å². The monoisotopic (exact) mass is 378 g/mol. The number of hydrogen-bond acceptors (Lipinski definition) is 5. The molecular weight excluding hydrogens is 359 g/mol. The quantitative estimate of drug-likeness (QED) is 0.866. The molecule has 1 aliphatic rings. The molecule has 1 aromatic carbocycles. The molecule has 1 N–H and O–H groups in total. The molecule has 138 valence electrons. The van der Waals surface area contributed by atoms with Crippen LogP contribution in [0, 0.1) is 5.82 Å². The number of hydrogen-bond donors (Lipinski definition) is 1. The lowest BCUT2D eigenvalue weighted by molar-refractivity contribution is -0.144. The van der Waals surface area contributed by atoms with Gasteiger partial charge in [0, 0.05) is 31.7 Å². The number of carbonyl (C=O) groups excluding carboxylic acids is 1. The molecule has 1 saturated heterocycles. The second-order valence-corrected chi connectivity index (χ2v) is 6.88. The van der Waals surface area contributed by atoms with Crippen LogP contribution in [0.2, 0.25) is 0 Å². The summed E-state index contributed by atoms with van der Waals surface area (Å²) in [5.74, 6) is -1.31. The topological polar surface area (TPSA) is 70.1 Å². The van der Waals surface area contributed by atoms with E-state index in [-0.39, 0.29) is 11.5 Å². The van der Waals surface area contributed by atoms with E-state index in [1.807, 2.05) is 11.4 Å². The van der Waals surface area contributed by atoms with Crippen LogP contribution < -0.4 is 4.74 Å². The lowest BCUT2D eigenvalue weighted by atomic mass is 10.0. The highest BCUT2D eigenvalue weighted by atomic mass is 32.1. The van der Waals surface area contributed by atoms with Crippen LogP contribution in [-0.2, 0) is 4.79 Å². The largest absolute Gasteiger partial charge is 0.496 e. The molecule has 1 amide bonds. The van der Waals surface area contributed by atoms with Crippen molar-refractivity contribution >= 4 is 23.2 Å². The number of carboxylic acid groups (broad SMARTS) is 1. The number of nitrogens with zero attached hydrogens (tertiary/aromatic N) is 2. The van der Waals surface area contributed by atoms with Crippen LogP contribution in [0.15, 0.2) is 35.7 Å². The summed E-state index contributed by atoms with van der Waals surface area (Å²) in [6.07, 6.45) is 0. The standard InChI is InChI=1S/C18H19FN2O4S/c1-25-14-5-4-12(19)11-13(14)16(18(23)24)20-6-8-21(9-7-20)17(22)15-3-2-10-26-15/h2-5,10-11,16H,6-9H2,1H3,(H,23,24). The number of aliphatic carboxylic acids is 1. The van der Waals surface area contributed by atoms with Crippen molar-refractivity contribution in [3.8, 4) is 5.75 Å². The minimum atomic E-state index is -1.08. The molecule has 1 aromatic heterocycles. The zero-order valence-corrected chi connectivity index (χ0v) is 15.0. The molecule has 1 aliphatic heterocycles. The number of thiophene rings is 1. The molecule has 6 nitrogen and oxygen atoms in total. The minimum Gasteiger partial charge on any atom is -0.496 e. The van der Waals surface area contributed by atoms with E-state index in [0.717, 1.165) is 0 Å². The first kappa shape index (κ1) is 18.3. The fourth-order valence-corrected chi connectivity index (χ4v) is 3.83. The van der Waals surface area contributed by atoms with Crippen LogP contribution in [0.3, 0.4) is 0 Å². The summed E-state index contributed by atoms with van der Waals surface area (Å²) < 4.78 is 18.9. The van der Waals surface area contributed by atoms with E-state index in [1.165, 1.54) is 36.6 Å². The number of rotatable bonds is 5. The Morgan fingerprint density at radius 2 is 1.96 bits per heavy atom. The predicted molar refractivity (Wildman–Crippen MR) is 95.1 cm³/mol. The minimum absolute atomic E-state index is 0.0464. The Morgan fingerprint density at radius 1 is 1.23 bits per heavy atom. The van der Waals surface area contributed by atoms with Crippen LogP contribution in [0.25, 0.3) is 0 Å². The van der Waals surface area contributed by atoms with Gasteiger partial charge in [0.05, 0.1) is 12.0 Å². The van der Waals surface area contributed by atoms with E-state index < -0.39 is 17.8 Å². The number of methoxy groups -OCH3 is 1. The SMILES string of the molecule is COc1ccc(F)cc1C(C(=O)O)N1CCN(C(=O)c2cccs2)CC1. The number of carbonyl (C=O) groups is 2. The number of halogens is 1. The molecule has 0 aliphatic carbocycles. The van der Waals surface area contributed by atoms with Crippen molar-refractivity contribution in [2.24, 2.45) is 0 Å². The first-order chi connectivity index (χ1) is 12.5. The van der Waals surface area contributed by atoms with Gasteiger partial charge in [0.2, 0.25) is 0 Å². The number of ether oxygens (including phenoxy) is 1. The molecule has 1 atom stereocenters. The molecular formula is C18H19FN2O4S. The molecule has 0 saturated carbocycles. The van der Waals surface area contributed by atoms with Crippen molar-refractivity contribution in [2.75, 3.05) is 33.3 Å². The van der Waals surface area contributed by atoms with E-state index >= 15 is 0 Å². The van der Waals surface area contributed by atoms with Crippen LogP contribution in [0.5, 0.6) is 5.75 Å². The van der Waals surface area contributed by atoms with Gasteiger partial charge in [-0.3, -0.25) is 14.5 Å². The van der Waals surface area contributed by atoms with Gasteiger partial charge in [-0.25, -0.2) is 4.39 Å². The Kier molecular flexibility index (Phi) is 5.53. The Labute approximate surface area is 154 Å². The average molecular weight is 378 g/mol. The van der Waals surface area contributed by atoms with Crippen molar-refractivity contribution in [1.82, 2.24) is 9.80 Å². The van der Waals surface area contributed by atoms with Crippen molar-refractivity contribution in [2.45, 2.75) is 6.04 Å². The third kappa shape index (κ3) is 3.71. The number of carboxylic acids is 1.